The molecule has 150 valence electrons. The van der Waals surface area contributed by atoms with E-state index in [0.29, 0.717) is 18.7 Å². The highest BCUT2D eigenvalue weighted by molar-refractivity contribution is 5.78. The van der Waals surface area contributed by atoms with Crippen LogP contribution in [0.25, 0.3) is 0 Å². The van der Waals surface area contributed by atoms with E-state index in [1.165, 1.54) is 12.1 Å². The first kappa shape index (κ1) is 20.7. The zero-order chi connectivity index (χ0) is 20.6. The van der Waals surface area contributed by atoms with E-state index >= 15 is 0 Å². The van der Waals surface area contributed by atoms with Gasteiger partial charge in [0.2, 0.25) is 5.91 Å². The predicted molar refractivity (Wildman–Crippen MR) is 110 cm³/mol. The summed E-state index contributed by atoms with van der Waals surface area (Å²) in [7, 11) is 0. The van der Waals surface area contributed by atoms with Crippen molar-refractivity contribution in [3.8, 4) is 0 Å². The summed E-state index contributed by atoms with van der Waals surface area (Å²) in [4.78, 5) is 14.7. The van der Waals surface area contributed by atoms with Crippen LogP contribution in [0, 0.1) is 11.6 Å². The Morgan fingerprint density at radius 2 is 1.45 bits per heavy atom. The summed E-state index contributed by atoms with van der Waals surface area (Å²) in [5.41, 5.74) is 2.40. The lowest BCUT2D eigenvalue weighted by Crippen LogP contribution is -2.38. The number of carbonyl (C=O) groups is 1. The van der Waals surface area contributed by atoms with E-state index in [4.69, 9.17) is 0 Å². The minimum atomic E-state index is -0.622. The van der Waals surface area contributed by atoms with E-state index in [1.54, 1.807) is 11.8 Å². The zero-order valence-electron chi connectivity index (χ0n) is 16.3. The Morgan fingerprint density at radius 1 is 0.897 bits per heavy atom. The monoisotopic (exact) mass is 394 g/mol. The van der Waals surface area contributed by atoms with Gasteiger partial charge >= 0.3 is 0 Å². The summed E-state index contributed by atoms with van der Waals surface area (Å²) in [6.07, 6.45) is 0. The van der Waals surface area contributed by atoms with Crippen LogP contribution in [0.4, 0.5) is 8.78 Å². The molecule has 0 aromatic heterocycles. The Bertz CT molecular complexity index is 891. The van der Waals surface area contributed by atoms with Gasteiger partial charge in [0.1, 0.15) is 11.6 Å². The topological polar surface area (TPSA) is 32.3 Å². The Kier molecular flexibility index (Phi) is 7.09. The summed E-state index contributed by atoms with van der Waals surface area (Å²) >= 11 is 0. The molecular formula is C24H24F2N2O. The second-order valence-corrected chi connectivity index (χ2v) is 6.99. The lowest BCUT2D eigenvalue weighted by atomic mass is 10.1. The molecule has 0 radical (unpaired) electrons. The van der Waals surface area contributed by atoms with Gasteiger partial charge in [-0.15, -0.1) is 0 Å². The minimum Gasteiger partial charge on any atom is -0.333 e. The molecule has 0 aliphatic rings. The lowest BCUT2D eigenvalue weighted by molar-refractivity contribution is -0.131. The smallest absolute Gasteiger partial charge is 0.237 e. The van der Waals surface area contributed by atoms with Crippen LogP contribution in [0.2, 0.25) is 0 Å². The van der Waals surface area contributed by atoms with E-state index in [1.807, 2.05) is 60.7 Å². The molecule has 0 saturated heterocycles. The molecule has 1 atom stereocenters. The largest absolute Gasteiger partial charge is 0.333 e. The van der Waals surface area contributed by atoms with Gasteiger partial charge in [0, 0.05) is 30.8 Å². The second kappa shape index (κ2) is 9.94. The number of halogens is 2. The van der Waals surface area contributed by atoms with Crippen molar-refractivity contribution in [3.05, 3.63) is 107 Å². The number of amides is 1. The van der Waals surface area contributed by atoms with E-state index in [-0.39, 0.29) is 12.5 Å². The highest BCUT2D eigenvalue weighted by atomic mass is 19.1. The van der Waals surface area contributed by atoms with Crippen molar-refractivity contribution in [1.82, 2.24) is 10.2 Å². The average Bonchev–Trinajstić information content (AvgIpc) is 2.73. The van der Waals surface area contributed by atoms with Gasteiger partial charge in [-0.3, -0.25) is 4.79 Å². The van der Waals surface area contributed by atoms with Crippen molar-refractivity contribution >= 4 is 5.91 Å². The molecule has 5 heteroatoms. The van der Waals surface area contributed by atoms with Crippen LogP contribution in [0.1, 0.15) is 29.7 Å². The predicted octanol–water partition coefficient (Wildman–Crippen LogP) is 4.84. The van der Waals surface area contributed by atoms with Crippen molar-refractivity contribution in [2.24, 2.45) is 0 Å². The molecule has 1 amide bonds. The van der Waals surface area contributed by atoms with Crippen LogP contribution in [-0.4, -0.2) is 17.4 Å². The van der Waals surface area contributed by atoms with Gasteiger partial charge in [0.05, 0.1) is 6.54 Å². The van der Waals surface area contributed by atoms with Crippen LogP contribution in [0.5, 0.6) is 0 Å². The lowest BCUT2D eigenvalue weighted by Gasteiger charge is -2.24. The summed E-state index contributed by atoms with van der Waals surface area (Å²) in [5, 5.41) is 3.06. The van der Waals surface area contributed by atoms with E-state index < -0.39 is 17.7 Å². The fourth-order valence-electron chi connectivity index (χ4n) is 3.15. The molecule has 0 aliphatic carbocycles. The van der Waals surface area contributed by atoms with Gasteiger partial charge < -0.3 is 10.2 Å². The van der Waals surface area contributed by atoms with Crippen molar-refractivity contribution < 1.29 is 13.6 Å². The summed E-state index contributed by atoms with van der Waals surface area (Å²) in [5.74, 6) is -1.33. The maximum atomic E-state index is 14.0. The molecule has 0 aliphatic heterocycles. The van der Waals surface area contributed by atoms with Gasteiger partial charge in [-0.2, -0.15) is 0 Å². The first-order valence-corrected chi connectivity index (χ1v) is 9.57. The SMILES string of the molecule is C[C@H](NCC(=O)N(Cc1ccccc1)Cc1ccccc1)c1ccc(F)cc1F. The molecule has 0 spiro atoms. The minimum absolute atomic E-state index is 0.0532. The Hall–Kier alpha value is -3.05. The highest BCUT2D eigenvalue weighted by Gasteiger charge is 2.17. The first-order valence-electron chi connectivity index (χ1n) is 9.57. The Morgan fingerprint density at radius 3 is 1.97 bits per heavy atom. The standard InChI is InChI=1S/C24H24F2N2O/c1-18(22-13-12-21(25)14-23(22)26)27-15-24(29)28(16-19-8-4-2-5-9-19)17-20-10-6-3-7-11-20/h2-14,18,27H,15-17H2,1H3/t18-/m0/s1. The number of nitrogens with one attached hydrogen (secondary N) is 1. The van der Waals surface area contributed by atoms with Crippen LogP contribution in [0.15, 0.2) is 78.9 Å². The van der Waals surface area contributed by atoms with Crippen molar-refractivity contribution in [2.45, 2.75) is 26.1 Å². The number of benzene rings is 3. The van der Waals surface area contributed by atoms with Crippen LogP contribution in [0.3, 0.4) is 0 Å². The molecule has 1 N–H and O–H groups in total. The Labute approximate surface area is 170 Å². The van der Waals surface area contributed by atoms with E-state index in [0.717, 1.165) is 17.2 Å². The second-order valence-electron chi connectivity index (χ2n) is 6.99. The highest BCUT2D eigenvalue weighted by Crippen LogP contribution is 2.18. The van der Waals surface area contributed by atoms with Gasteiger partial charge in [0.25, 0.3) is 0 Å². The maximum absolute atomic E-state index is 14.0. The number of rotatable bonds is 8. The number of carbonyl (C=O) groups excluding carboxylic acids is 1. The van der Waals surface area contributed by atoms with Gasteiger partial charge in [-0.25, -0.2) is 8.78 Å². The van der Waals surface area contributed by atoms with Crippen molar-refractivity contribution in [1.29, 1.82) is 0 Å². The molecule has 29 heavy (non-hydrogen) atoms. The fourth-order valence-corrected chi connectivity index (χ4v) is 3.15. The maximum Gasteiger partial charge on any atom is 0.237 e. The summed E-state index contributed by atoms with van der Waals surface area (Å²) in [6.45, 7) is 2.77. The fraction of sp³-hybridized carbons (Fsp3) is 0.208. The Balaban J connectivity index is 1.68. The van der Waals surface area contributed by atoms with E-state index in [2.05, 4.69) is 5.32 Å². The molecule has 3 aromatic rings. The van der Waals surface area contributed by atoms with Crippen LogP contribution < -0.4 is 5.32 Å². The quantitative estimate of drug-likeness (QED) is 0.593. The third kappa shape index (κ3) is 5.96. The number of hydrogen-bond donors (Lipinski definition) is 1. The molecular weight excluding hydrogens is 370 g/mol. The summed E-state index contributed by atoms with van der Waals surface area (Å²) in [6, 6.07) is 22.6. The molecule has 0 heterocycles. The van der Waals surface area contributed by atoms with Gasteiger partial charge in [-0.05, 0) is 24.1 Å². The first-order chi connectivity index (χ1) is 14.0. The molecule has 3 aromatic carbocycles. The van der Waals surface area contributed by atoms with E-state index in [9.17, 15) is 13.6 Å². The third-order valence-electron chi connectivity index (χ3n) is 4.77. The van der Waals surface area contributed by atoms with Crippen molar-refractivity contribution in [3.63, 3.8) is 0 Å². The van der Waals surface area contributed by atoms with Crippen LogP contribution >= 0.6 is 0 Å². The molecule has 0 saturated carbocycles. The molecule has 0 unspecified atom stereocenters. The molecule has 3 nitrogen and oxygen atoms in total. The third-order valence-corrected chi connectivity index (χ3v) is 4.77. The van der Waals surface area contributed by atoms with Crippen molar-refractivity contribution in [2.75, 3.05) is 6.54 Å². The molecule has 3 rings (SSSR count). The summed E-state index contributed by atoms with van der Waals surface area (Å²) < 4.78 is 27.1. The molecule has 0 bridgehead atoms. The number of nitrogens with zero attached hydrogens (tertiary/aromatic N) is 1. The van der Waals surface area contributed by atoms with Gasteiger partial charge in [-0.1, -0.05) is 66.7 Å². The average molecular weight is 394 g/mol. The molecule has 0 fully saturated rings. The zero-order valence-corrected chi connectivity index (χ0v) is 16.3. The van der Waals surface area contributed by atoms with Crippen LogP contribution in [-0.2, 0) is 17.9 Å². The number of hydrogen-bond acceptors (Lipinski definition) is 2. The van der Waals surface area contributed by atoms with Gasteiger partial charge in [0.15, 0.2) is 0 Å². The normalized spacial score (nSPS) is 11.8.